The molecule has 0 saturated carbocycles. The molecule has 1 saturated heterocycles. The average molecular weight is 273 g/mol. The second-order valence-electron chi connectivity index (χ2n) is 5.04. The third kappa shape index (κ3) is 2.20. The Morgan fingerprint density at radius 3 is 2.40 bits per heavy atom. The number of fused-ring (bicyclic) bond motifs is 2. The summed E-state index contributed by atoms with van der Waals surface area (Å²) in [4.78, 5) is 23.5. The second kappa shape index (κ2) is 5.09. The van der Waals surface area contributed by atoms with E-state index in [1.165, 1.54) is 0 Å². The van der Waals surface area contributed by atoms with E-state index in [1.807, 2.05) is 30.3 Å². The number of carboxylic acid groups (broad SMARTS) is 1. The summed E-state index contributed by atoms with van der Waals surface area (Å²) < 4.78 is 5.48. The van der Waals surface area contributed by atoms with Gasteiger partial charge in [-0.15, -0.1) is 0 Å². The first-order valence-corrected chi connectivity index (χ1v) is 6.55. The first-order chi connectivity index (χ1) is 9.66. The van der Waals surface area contributed by atoms with E-state index in [2.05, 4.69) is 5.32 Å². The van der Waals surface area contributed by atoms with Crippen molar-refractivity contribution in [2.75, 3.05) is 0 Å². The standard InChI is InChI=1S/C15H15NO4/c17-14(16-8-9-4-2-1-3-5-9)12-10-6-7-11(20-10)13(12)15(18)19/h1-7,10-13H,8H2,(H,16,17)(H,18,19)/t10-,11+,12-,13+/m1/s1. The van der Waals surface area contributed by atoms with Gasteiger partial charge in [0.05, 0.1) is 18.1 Å². The number of amides is 1. The van der Waals surface area contributed by atoms with Crippen molar-refractivity contribution in [3.63, 3.8) is 0 Å². The van der Waals surface area contributed by atoms with Crippen molar-refractivity contribution in [2.45, 2.75) is 18.8 Å². The Hall–Kier alpha value is -2.14. The fourth-order valence-electron chi connectivity index (χ4n) is 2.82. The van der Waals surface area contributed by atoms with Crippen molar-refractivity contribution >= 4 is 11.9 Å². The number of carbonyl (C=O) groups excluding carboxylic acids is 1. The first-order valence-electron chi connectivity index (χ1n) is 6.55. The Morgan fingerprint density at radius 1 is 1.10 bits per heavy atom. The van der Waals surface area contributed by atoms with Crippen molar-refractivity contribution in [3.05, 3.63) is 48.0 Å². The first kappa shape index (κ1) is 12.9. The summed E-state index contributed by atoms with van der Waals surface area (Å²) in [5, 5.41) is 12.0. The van der Waals surface area contributed by atoms with Crippen molar-refractivity contribution in [1.82, 2.24) is 5.32 Å². The highest BCUT2D eigenvalue weighted by molar-refractivity contribution is 5.87. The largest absolute Gasteiger partial charge is 0.481 e. The predicted molar refractivity (Wildman–Crippen MR) is 70.7 cm³/mol. The summed E-state index contributed by atoms with van der Waals surface area (Å²) in [6.45, 7) is 0.392. The molecule has 2 aliphatic rings. The molecule has 2 heterocycles. The topological polar surface area (TPSA) is 75.6 Å². The number of hydrogen-bond acceptors (Lipinski definition) is 3. The lowest BCUT2D eigenvalue weighted by atomic mass is 9.82. The summed E-state index contributed by atoms with van der Waals surface area (Å²) in [7, 11) is 0. The van der Waals surface area contributed by atoms with Crippen LogP contribution in [-0.4, -0.2) is 29.2 Å². The van der Waals surface area contributed by atoms with Gasteiger partial charge >= 0.3 is 5.97 Å². The van der Waals surface area contributed by atoms with Gasteiger partial charge in [-0.2, -0.15) is 0 Å². The monoisotopic (exact) mass is 273 g/mol. The fraction of sp³-hybridized carbons (Fsp3) is 0.333. The van der Waals surface area contributed by atoms with Crippen molar-refractivity contribution in [3.8, 4) is 0 Å². The third-order valence-electron chi connectivity index (χ3n) is 3.80. The molecule has 1 aromatic carbocycles. The molecule has 0 radical (unpaired) electrons. The zero-order chi connectivity index (χ0) is 14.1. The highest BCUT2D eigenvalue weighted by Gasteiger charge is 2.53. The zero-order valence-electron chi connectivity index (χ0n) is 10.7. The summed E-state index contributed by atoms with van der Waals surface area (Å²) in [6.07, 6.45) is 2.60. The molecule has 5 heteroatoms. The van der Waals surface area contributed by atoms with Crippen LogP contribution in [0.2, 0.25) is 0 Å². The minimum absolute atomic E-state index is 0.266. The van der Waals surface area contributed by atoms with Gasteiger partial charge in [0.15, 0.2) is 0 Å². The number of hydrogen-bond donors (Lipinski definition) is 2. The zero-order valence-corrected chi connectivity index (χ0v) is 10.7. The van der Waals surface area contributed by atoms with Gasteiger partial charge < -0.3 is 15.2 Å². The summed E-state index contributed by atoms with van der Waals surface area (Å²) in [5.74, 6) is -2.69. The lowest BCUT2D eigenvalue weighted by Gasteiger charge is -2.20. The van der Waals surface area contributed by atoms with Gasteiger partial charge in [-0.25, -0.2) is 0 Å². The van der Waals surface area contributed by atoms with Gasteiger partial charge in [-0.05, 0) is 5.56 Å². The number of ether oxygens (including phenoxy) is 1. The highest BCUT2D eigenvalue weighted by atomic mass is 16.5. The molecule has 2 aliphatic heterocycles. The van der Waals surface area contributed by atoms with Crippen molar-refractivity contribution in [1.29, 1.82) is 0 Å². The number of aliphatic carboxylic acids is 1. The number of carboxylic acids is 1. The molecule has 4 atom stereocenters. The minimum atomic E-state index is -0.985. The smallest absolute Gasteiger partial charge is 0.310 e. The lowest BCUT2D eigenvalue weighted by Crippen LogP contribution is -2.42. The average Bonchev–Trinajstić information content (AvgIpc) is 3.06. The van der Waals surface area contributed by atoms with Gasteiger partial charge in [-0.1, -0.05) is 42.5 Å². The normalized spacial score (nSPS) is 30.4. The van der Waals surface area contributed by atoms with E-state index in [4.69, 9.17) is 4.74 Å². The SMILES string of the molecule is O=C(O)[C@@H]1[C@H](C(=O)NCc2ccccc2)[C@H]2C=C[C@@H]1O2. The summed E-state index contributed by atoms with van der Waals surface area (Å²) in [5.41, 5.74) is 0.979. The number of benzene rings is 1. The van der Waals surface area contributed by atoms with Crippen LogP contribution >= 0.6 is 0 Å². The van der Waals surface area contributed by atoms with E-state index in [0.29, 0.717) is 6.54 Å². The van der Waals surface area contributed by atoms with Gasteiger partial charge in [0, 0.05) is 6.54 Å². The molecule has 0 aliphatic carbocycles. The Kier molecular flexibility index (Phi) is 3.28. The molecule has 104 valence electrons. The third-order valence-corrected chi connectivity index (χ3v) is 3.80. The van der Waals surface area contributed by atoms with E-state index >= 15 is 0 Å². The molecule has 0 unspecified atom stereocenters. The number of rotatable bonds is 4. The Morgan fingerprint density at radius 2 is 1.75 bits per heavy atom. The van der Waals surface area contributed by atoms with Crippen LogP contribution in [0, 0.1) is 11.8 Å². The maximum atomic E-state index is 12.2. The predicted octanol–water partition coefficient (Wildman–Crippen LogP) is 0.957. The van der Waals surface area contributed by atoms with Gasteiger partial charge in [0.2, 0.25) is 5.91 Å². The van der Waals surface area contributed by atoms with E-state index < -0.39 is 30.0 Å². The quantitative estimate of drug-likeness (QED) is 0.801. The Balaban J connectivity index is 1.68. The molecule has 2 bridgehead atoms. The van der Waals surface area contributed by atoms with Gasteiger partial charge in [0.25, 0.3) is 0 Å². The molecule has 1 fully saturated rings. The second-order valence-corrected chi connectivity index (χ2v) is 5.04. The molecular formula is C15H15NO4. The van der Waals surface area contributed by atoms with E-state index in [-0.39, 0.29) is 5.91 Å². The number of nitrogens with one attached hydrogen (secondary N) is 1. The summed E-state index contributed by atoms with van der Waals surface area (Å²) in [6, 6.07) is 9.51. The van der Waals surface area contributed by atoms with Crippen LogP contribution in [0.25, 0.3) is 0 Å². The van der Waals surface area contributed by atoms with Crippen molar-refractivity contribution in [2.24, 2.45) is 11.8 Å². The van der Waals surface area contributed by atoms with E-state index in [0.717, 1.165) is 5.56 Å². The highest BCUT2D eigenvalue weighted by Crippen LogP contribution is 2.39. The molecule has 1 aromatic rings. The fourth-order valence-corrected chi connectivity index (χ4v) is 2.82. The Bertz CT molecular complexity index is 554. The molecule has 20 heavy (non-hydrogen) atoms. The molecule has 2 N–H and O–H groups in total. The Labute approximate surface area is 116 Å². The molecule has 0 aromatic heterocycles. The van der Waals surface area contributed by atoms with Gasteiger partial charge in [-0.3, -0.25) is 9.59 Å². The summed E-state index contributed by atoms with van der Waals surface area (Å²) >= 11 is 0. The van der Waals surface area contributed by atoms with Crippen LogP contribution < -0.4 is 5.32 Å². The maximum Gasteiger partial charge on any atom is 0.310 e. The van der Waals surface area contributed by atoms with E-state index in [9.17, 15) is 14.7 Å². The lowest BCUT2D eigenvalue weighted by molar-refractivity contribution is -0.146. The van der Waals surface area contributed by atoms with Crippen LogP contribution in [0.15, 0.2) is 42.5 Å². The minimum Gasteiger partial charge on any atom is -0.481 e. The molecule has 1 amide bonds. The van der Waals surface area contributed by atoms with Crippen LogP contribution in [0.3, 0.4) is 0 Å². The van der Waals surface area contributed by atoms with Crippen LogP contribution in [0.4, 0.5) is 0 Å². The van der Waals surface area contributed by atoms with E-state index in [1.54, 1.807) is 12.2 Å². The van der Waals surface area contributed by atoms with Crippen molar-refractivity contribution < 1.29 is 19.4 Å². The van der Waals surface area contributed by atoms with Gasteiger partial charge in [0.1, 0.15) is 5.92 Å². The van der Waals surface area contributed by atoms with Crippen LogP contribution in [-0.2, 0) is 20.9 Å². The van der Waals surface area contributed by atoms with Crippen LogP contribution in [0.5, 0.6) is 0 Å². The van der Waals surface area contributed by atoms with Crippen LogP contribution in [0.1, 0.15) is 5.56 Å². The number of carbonyl (C=O) groups is 2. The molecule has 0 spiro atoms. The molecule has 3 rings (SSSR count). The maximum absolute atomic E-state index is 12.2. The molecular weight excluding hydrogens is 258 g/mol. The molecule has 5 nitrogen and oxygen atoms in total.